The minimum Gasteiger partial charge on any atom is -0.300 e. The summed E-state index contributed by atoms with van der Waals surface area (Å²) in [5, 5.41) is 0. The Morgan fingerprint density at radius 3 is 1.76 bits per heavy atom. The van der Waals surface area contributed by atoms with Gasteiger partial charge in [-0.15, -0.1) is 0 Å². The number of carbonyl (C=O) groups is 2. The highest BCUT2D eigenvalue weighted by Gasteiger charge is 2.26. The van der Waals surface area contributed by atoms with Gasteiger partial charge in [0, 0.05) is 11.8 Å². The van der Waals surface area contributed by atoms with Gasteiger partial charge in [-0.05, 0) is 90.7 Å². The van der Waals surface area contributed by atoms with Crippen LogP contribution >= 0.6 is 0 Å². The number of ketones is 2. The molecule has 0 atom stereocenters. The van der Waals surface area contributed by atoms with Crippen LogP contribution in [0.5, 0.6) is 0 Å². The SMILES string of the molecule is CC(=O)CCCC(C)(C)C(=O)/C=C/C(C)=C\C=C\C(C)=C/C=C/C=C(C)\C=C\C=C(C)/C=C/C1=C(C)CCCC1(C)C. The Morgan fingerprint density at radius 1 is 0.738 bits per heavy atom. The number of Topliss-reactive ketones (excluding diaryl/α,β-unsaturated/α-hetero) is 1. The van der Waals surface area contributed by atoms with Gasteiger partial charge in [-0.2, -0.15) is 0 Å². The number of hydrogen-bond acceptors (Lipinski definition) is 2. The summed E-state index contributed by atoms with van der Waals surface area (Å²) in [7, 11) is 0. The van der Waals surface area contributed by atoms with Gasteiger partial charge < -0.3 is 4.79 Å². The lowest BCUT2D eigenvalue weighted by Gasteiger charge is -2.32. The van der Waals surface area contributed by atoms with Gasteiger partial charge in [0.1, 0.15) is 5.78 Å². The predicted octanol–water partition coefficient (Wildman–Crippen LogP) is 11.4. The maximum atomic E-state index is 12.6. The molecule has 0 saturated heterocycles. The van der Waals surface area contributed by atoms with Crippen molar-refractivity contribution in [3.8, 4) is 0 Å². The number of carbonyl (C=O) groups excluding carboxylic acids is 2. The van der Waals surface area contributed by atoms with E-state index in [-0.39, 0.29) is 17.0 Å². The summed E-state index contributed by atoms with van der Waals surface area (Å²) < 4.78 is 0. The van der Waals surface area contributed by atoms with Crippen molar-refractivity contribution in [2.45, 2.75) is 108 Å². The van der Waals surface area contributed by atoms with Crippen molar-refractivity contribution in [3.63, 3.8) is 0 Å². The molecule has 0 aromatic heterocycles. The fraction of sp³-hybridized carbons (Fsp3) is 0.450. The van der Waals surface area contributed by atoms with Crippen LogP contribution in [0.3, 0.4) is 0 Å². The summed E-state index contributed by atoms with van der Waals surface area (Å²) in [4.78, 5) is 23.7. The van der Waals surface area contributed by atoms with Gasteiger partial charge in [0.05, 0.1) is 0 Å². The lowest BCUT2D eigenvalue weighted by Crippen LogP contribution is -2.22. The Morgan fingerprint density at radius 2 is 1.24 bits per heavy atom. The van der Waals surface area contributed by atoms with Gasteiger partial charge in [-0.25, -0.2) is 0 Å². The van der Waals surface area contributed by atoms with Crippen molar-refractivity contribution < 1.29 is 9.59 Å². The van der Waals surface area contributed by atoms with E-state index in [0.29, 0.717) is 12.8 Å². The molecule has 0 spiro atoms. The molecule has 1 aliphatic carbocycles. The summed E-state index contributed by atoms with van der Waals surface area (Å²) >= 11 is 0. The van der Waals surface area contributed by atoms with Crippen LogP contribution in [0.1, 0.15) is 108 Å². The predicted molar refractivity (Wildman–Crippen MR) is 184 cm³/mol. The summed E-state index contributed by atoms with van der Waals surface area (Å²) in [6.07, 6.45) is 34.6. The Labute approximate surface area is 257 Å². The van der Waals surface area contributed by atoms with E-state index in [0.717, 1.165) is 17.6 Å². The van der Waals surface area contributed by atoms with E-state index < -0.39 is 5.41 Å². The van der Waals surface area contributed by atoms with Crippen molar-refractivity contribution in [2.24, 2.45) is 10.8 Å². The molecule has 0 aromatic rings. The zero-order chi connectivity index (χ0) is 31.8. The van der Waals surface area contributed by atoms with Gasteiger partial charge in [0.2, 0.25) is 0 Å². The first-order valence-electron chi connectivity index (χ1n) is 15.5. The average molecular weight is 569 g/mol. The molecule has 2 heteroatoms. The molecule has 0 radical (unpaired) electrons. The third-order valence-corrected chi connectivity index (χ3v) is 7.82. The molecular weight excluding hydrogens is 512 g/mol. The lowest BCUT2D eigenvalue weighted by atomic mass is 9.72. The molecule has 0 aliphatic heterocycles. The molecule has 0 aromatic carbocycles. The van der Waals surface area contributed by atoms with Crippen LogP contribution in [-0.2, 0) is 9.59 Å². The molecule has 1 aliphatic rings. The van der Waals surface area contributed by atoms with Gasteiger partial charge in [-0.1, -0.05) is 135 Å². The van der Waals surface area contributed by atoms with Crippen molar-refractivity contribution in [2.75, 3.05) is 0 Å². The molecule has 1 rings (SSSR count). The monoisotopic (exact) mass is 568 g/mol. The normalized spacial score (nSPS) is 18.1. The van der Waals surface area contributed by atoms with Crippen LogP contribution in [0.25, 0.3) is 0 Å². The van der Waals surface area contributed by atoms with Crippen LogP contribution in [0.15, 0.2) is 119 Å². The summed E-state index contributed by atoms with van der Waals surface area (Å²) in [6, 6.07) is 0. The second kappa shape index (κ2) is 18.3. The van der Waals surface area contributed by atoms with Crippen LogP contribution < -0.4 is 0 Å². The van der Waals surface area contributed by atoms with Gasteiger partial charge in [0.25, 0.3) is 0 Å². The third-order valence-electron chi connectivity index (χ3n) is 7.82. The molecular formula is C40H56O2. The maximum Gasteiger partial charge on any atom is 0.161 e. The fourth-order valence-corrected chi connectivity index (χ4v) is 4.90. The molecule has 0 saturated carbocycles. The highest BCUT2D eigenvalue weighted by molar-refractivity contribution is 5.94. The highest BCUT2D eigenvalue weighted by atomic mass is 16.1. The molecule has 0 bridgehead atoms. The highest BCUT2D eigenvalue weighted by Crippen LogP contribution is 2.40. The van der Waals surface area contributed by atoms with Crippen molar-refractivity contribution in [1.82, 2.24) is 0 Å². The van der Waals surface area contributed by atoms with E-state index in [2.05, 4.69) is 96.2 Å². The number of allylic oxidation sites excluding steroid dienone is 20. The first kappa shape index (κ1) is 36.8. The van der Waals surface area contributed by atoms with Crippen LogP contribution in [0.4, 0.5) is 0 Å². The third kappa shape index (κ3) is 15.1. The largest absolute Gasteiger partial charge is 0.300 e. The molecule has 0 fully saturated rings. The van der Waals surface area contributed by atoms with Crippen molar-refractivity contribution in [1.29, 1.82) is 0 Å². The number of hydrogen-bond donors (Lipinski definition) is 0. The van der Waals surface area contributed by atoms with E-state index in [4.69, 9.17) is 0 Å². The van der Waals surface area contributed by atoms with Crippen molar-refractivity contribution >= 4 is 11.6 Å². The van der Waals surface area contributed by atoms with E-state index in [9.17, 15) is 9.59 Å². The minimum atomic E-state index is -0.452. The quantitative estimate of drug-likeness (QED) is 0.145. The molecule has 0 heterocycles. The van der Waals surface area contributed by atoms with E-state index in [1.165, 1.54) is 41.6 Å². The minimum absolute atomic E-state index is 0.0944. The second-order valence-electron chi connectivity index (χ2n) is 13.1. The first-order chi connectivity index (χ1) is 19.6. The zero-order valence-corrected chi connectivity index (χ0v) is 28.1. The summed E-state index contributed by atoms with van der Waals surface area (Å²) in [5.74, 6) is 0.268. The maximum absolute atomic E-state index is 12.6. The Bertz CT molecular complexity index is 1240. The zero-order valence-electron chi connectivity index (χ0n) is 28.1. The van der Waals surface area contributed by atoms with Gasteiger partial charge >= 0.3 is 0 Å². The molecule has 2 nitrogen and oxygen atoms in total. The van der Waals surface area contributed by atoms with Gasteiger partial charge in [0.15, 0.2) is 5.78 Å². The Kier molecular flexibility index (Phi) is 16.0. The van der Waals surface area contributed by atoms with Crippen LogP contribution in [-0.4, -0.2) is 11.6 Å². The Balaban J connectivity index is 2.62. The summed E-state index contributed by atoms with van der Waals surface area (Å²) in [6.45, 7) is 20.8. The molecule has 0 unspecified atom stereocenters. The van der Waals surface area contributed by atoms with Crippen LogP contribution in [0.2, 0.25) is 0 Å². The van der Waals surface area contributed by atoms with Gasteiger partial charge in [-0.3, -0.25) is 4.79 Å². The lowest BCUT2D eigenvalue weighted by molar-refractivity contribution is -0.123. The summed E-state index contributed by atoms with van der Waals surface area (Å²) in [5.41, 5.74) is 7.44. The molecule has 42 heavy (non-hydrogen) atoms. The van der Waals surface area contributed by atoms with E-state index in [1.54, 1.807) is 13.0 Å². The van der Waals surface area contributed by atoms with Crippen molar-refractivity contribution in [3.05, 3.63) is 119 Å². The Hall–Kier alpha value is -3.26. The first-order valence-corrected chi connectivity index (χ1v) is 15.5. The van der Waals surface area contributed by atoms with Crippen LogP contribution in [0, 0.1) is 10.8 Å². The standard InChI is InChI=1S/C40H56O2/c1-31(19-13-21-33(3)25-27-37-35(5)23-15-29-39(37,7)8)17-11-12-18-32(2)20-14-22-34(4)26-28-38(42)40(9,10)30-16-24-36(6)41/h11-14,17-22,25-28H,15-16,23-24,29-30H2,1-10H3/b12-11+,19-13+,20-14+,27-25+,28-26+,31-17-,32-18-,33-21-,34-22-. The number of rotatable bonds is 15. The van der Waals surface area contributed by atoms with E-state index >= 15 is 0 Å². The molecule has 0 amide bonds. The molecule has 0 N–H and O–H groups in total. The second-order valence-corrected chi connectivity index (χ2v) is 13.1. The fourth-order valence-electron chi connectivity index (χ4n) is 4.90. The average Bonchev–Trinajstić information content (AvgIpc) is 2.88. The van der Waals surface area contributed by atoms with E-state index in [1.807, 2.05) is 45.1 Å². The molecule has 228 valence electrons. The topological polar surface area (TPSA) is 34.1 Å². The smallest absolute Gasteiger partial charge is 0.161 e.